The predicted octanol–water partition coefficient (Wildman–Crippen LogP) is 4.03. The number of hydrogen-bond donors (Lipinski definition) is 2. The van der Waals surface area contributed by atoms with Gasteiger partial charge in [0, 0.05) is 0 Å². The number of anilines is 1. The molecule has 10 heteroatoms. The number of furan rings is 1. The molecule has 0 saturated carbocycles. The molecule has 0 spiro atoms. The van der Waals surface area contributed by atoms with Gasteiger partial charge in [0.2, 0.25) is 0 Å². The summed E-state index contributed by atoms with van der Waals surface area (Å²) in [6.45, 7) is 0.0593. The fraction of sp³-hybridized carbons (Fsp3) is 0.105. The molecule has 1 amide bonds. The van der Waals surface area contributed by atoms with Crippen LogP contribution < -0.4 is 10.0 Å². The van der Waals surface area contributed by atoms with Crippen LogP contribution in [0.1, 0.15) is 21.7 Å². The van der Waals surface area contributed by atoms with Gasteiger partial charge in [-0.05, 0) is 36.4 Å². The highest BCUT2D eigenvalue weighted by Gasteiger charge is 2.37. The zero-order valence-corrected chi connectivity index (χ0v) is 15.5. The summed E-state index contributed by atoms with van der Waals surface area (Å²) in [6, 6.07) is 12.7. The predicted molar refractivity (Wildman–Crippen MR) is 98.6 cm³/mol. The SMILES string of the molecule is O=C(NCc1ccco1)c1ccccc1NS(=O)(=O)c1ccccc1C(F)(F)F. The van der Waals surface area contributed by atoms with E-state index in [9.17, 15) is 26.4 Å². The number of carbonyl (C=O) groups is 1. The number of carbonyl (C=O) groups excluding carboxylic acids is 1. The molecule has 0 saturated heterocycles. The van der Waals surface area contributed by atoms with Gasteiger partial charge in [-0.3, -0.25) is 9.52 Å². The van der Waals surface area contributed by atoms with Crippen molar-refractivity contribution in [1.29, 1.82) is 0 Å². The molecule has 0 radical (unpaired) electrons. The maximum atomic E-state index is 13.2. The molecular formula is C19H15F3N2O4S. The first-order valence-electron chi connectivity index (χ1n) is 8.27. The summed E-state index contributed by atoms with van der Waals surface area (Å²) in [6.07, 6.45) is -3.42. The van der Waals surface area contributed by atoms with Crippen molar-refractivity contribution in [2.45, 2.75) is 17.6 Å². The summed E-state index contributed by atoms with van der Waals surface area (Å²) in [5.74, 6) is -0.140. The van der Waals surface area contributed by atoms with E-state index in [1.165, 1.54) is 36.6 Å². The van der Waals surface area contributed by atoms with Crippen molar-refractivity contribution < 1.29 is 30.8 Å². The highest BCUT2D eigenvalue weighted by Crippen LogP contribution is 2.34. The number of hydrogen-bond acceptors (Lipinski definition) is 4. The van der Waals surface area contributed by atoms with Crippen LogP contribution in [0.15, 0.2) is 76.2 Å². The van der Waals surface area contributed by atoms with Crippen LogP contribution in [0.4, 0.5) is 18.9 Å². The number of amides is 1. The Labute approximate surface area is 164 Å². The largest absolute Gasteiger partial charge is 0.467 e. The van der Waals surface area contributed by atoms with Crippen LogP contribution in [0.3, 0.4) is 0 Å². The first-order valence-corrected chi connectivity index (χ1v) is 9.75. The van der Waals surface area contributed by atoms with E-state index in [0.29, 0.717) is 11.8 Å². The van der Waals surface area contributed by atoms with Crippen molar-refractivity contribution >= 4 is 21.6 Å². The van der Waals surface area contributed by atoms with Crippen molar-refractivity contribution in [2.75, 3.05) is 4.72 Å². The second-order valence-corrected chi connectivity index (χ2v) is 7.56. The smallest absolute Gasteiger partial charge is 0.417 e. The summed E-state index contributed by atoms with van der Waals surface area (Å²) in [5.41, 5.74) is -1.50. The van der Waals surface area contributed by atoms with Crippen molar-refractivity contribution in [3.05, 3.63) is 83.8 Å². The molecule has 3 aromatic rings. The van der Waals surface area contributed by atoms with E-state index in [0.717, 1.165) is 12.1 Å². The number of halogens is 3. The van der Waals surface area contributed by atoms with Crippen LogP contribution in [0.2, 0.25) is 0 Å². The molecule has 0 atom stereocenters. The van der Waals surface area contributed by atoms with E-state index in [2.05, 4.69) is 10.0 Å². The molecule has 0 unspecified atom stereocenters. The number of alkyl halides is 3. The molecular weight excluding hydrogens is 409 g/mol. The Hall–Kier alpha value is -3.27. The summed E-state index contributed by atoms with van der Waals surface area (Å²) in [7, 11) is -4.61. The van der Waals surface area contributed by atoms with E-state index in [-0.39, 0.29) is 17.8 Å². The van der Waals surface area contributed by atoms with Gasteiger partial charge in [0.1, 0.15) is 5.76 Å². The lowest BCUT2D eigenvalue weighted by atomic mass is 10.1. The van der Waals surface area contributed by atoms with Gasteiger partial charge in [-0.25, -0.2) is 8.42 Å². The van der Waals surface area contributed by atoms with Gasteiger partial charge in [0.05, 0.1) is 34.5 Å². The number of sulfonamides is 1. The molecule has 29 heavy (non-hydrogen) atoms. The molecule has 152 valence electrons. The van der Waals surface area contributed by atoms with Crippen molar-refractivity contribution in [2.24, 2.45) is 0 Å². The summed E-state index contributed by atoms with van der Waals surface area (Å²) < 4.78 is 72.0. The van der Waals surface area contributed by atoms with Crippen LogP contribution in [-0.2, 0) is 22.7 Å². The number of para-hydroxylation sites is 1. The molecule has 0 aliphatic carbocycles. The maximum absolute atomic E-state index is 13.2. The minimum atomic E-state index is -4.86. The lowest BCUT2D eigenvalue weighted by Gasteiger charge is -2.16. The normalized spacial score (nSPS) is 11.8. The standard InChI is InChI=1S/C19H15F3N2O4S/c20-19(21,22)15-8-2-4-10-17(15)29(26,27)24-16-9-3-1-7-14(16)18(25)23-12-13-6-5-11-28-13/h1-11,24H,12H2,(H,23,25). The number of rotatable bonds is 6. The second-order valence-electron chi connectivity index (χ2n) is 5.91. The molecule has 6 nitrogen and oxygen atoms in total. The lowest BCUT2D eigenvalue weighted by Crippen LogP contribution is -2.25. The highest BCUT2D eigenvalue weighted by atomic mass is 32.2. The third-order valence-electron chi connectivity index (χ3n) is 3.90. The van der Waals surface area contributed by atoms with Gasteiger partial charge in [0.15, 0.2) is 0 Å². The average Bonchev–Trinajstić information content (AvgIpc) is 3.19. The quantitative estimate of drug-likeness (QED) is 0.625. The zero-order valence-electron chi connectivity index (χ0n) is 14.7. The first kappa shape index (κ1) is 20.5. The third-order valence-corrected chi connectivity index (χ3v) is 5.32. The molecule has 1 aromatic heterocycles. The molecule has 0 fully saturated rings. The van der Waals surface area contributed by atoms with E-state index < -0.39 is 32.6 Å². The van der Waals surface area contributed by atoms with E-state index in [1.807, 2.05) is 0 Å². The Bertz CT molecular complexity index is 1110. The fourth-order valence-corrected chi connectivity index (χ4v) is 3.89. The van der Waals surface area contributed by atoms with E-state index in [1.54, 1.807) is 12.1 Å². The Kier molecular flexibility index (Phi) is 5.64. The molecule has 0 bridgehead atoms. The van der Waals surface area contributed by atoms with Gasteiger partial charge in [-0.15, -0.1) is 0 Å². The number of nitrogens with one attached hydrogen (secondary N) is 2. The molecule has 2 N–H and O–H groups in total. The molecule has 2 aromatic carbocycles. The van der Waals surface area contributed by atoms with Gasteiger partial charge < -0.3 is 9.73 Å². The van der Waals surface area contributed by atoms with E-state index >= 15 is 0 Å². The molecule has 0 aliphatic heterocycles. The summed E-state index contributed by atoms with van der Waals surface area (Å²) in [5, 5.41) is 2.56. The van der Waals surface area contributed by atoms with Crippen LogP contribution in [-0.4, -0.2) is 14.3 Å². The second kappa shape index (κ2) is 8.00. The number of benzene rings is 2. The fourth-order valence-electron chi connectivity index (χ4n) is 2.58. The van der Waals surface area contributed by atoms with Gasteiger partial charge >= 0.3 is 6.18 Å². The van der Waals surface area contributed by atoms with Crippen LogP contribution in [0.25, 0.3) is 0 Å². The first-order chi connectivity index (χ1) is 13.7. The van der Waals surface area contributed by atoms with Gasteiger partial charge in [0.25, 0.3) is 15.9 Å². The van der Waals surface area contributed by atoms with Gasteiger partial charge in [-0.1, -0.05) is 24.3 Å². The highest BCUT2D eigenvalue weighted by molar-refractivity contribution is 7.92. The average molecular weight is 424 g/mol. The third kappa shape index (κ3) is 4.77. The summed E-state index contributed by atoms with van der Waals surface area (Å²) in [4.78, 5) is 11.5. The lowest BCUT2D eigenvalue weighted by molar-refractivity contribution is -0.139. The monoisotopic (exact) mass is 424 g/mol. The maximum Gasteiger partial charge on any atom is 0.417 e. The topological polar surface area (TPSA) is 88.4 Å². The van der Waals surface area contributed by atoms with Crippen molar-refractivity contribution in [3.63, 3.8) is 0 Å². The van der Waals surface area contributed by atoms with Crippen LogP contribution in [0, 0.1) is 0 Å². The van der Waals surface area contributed by atoms with Crippen molar-refractivity contribution in [1.82, 2.24) is 5.32 Å². The Balaban J connectivity index is 1.88. The van der Waals surface area contributed by atoms with Gasteiger partial charge in [-0.2, -0.15) is 13.2 Å². The minimum Gasteiger partial charge on any atom is -0.467 e. The Morgan fingerprint density at radius 1 is 0.966 bits per heavy atom. The minimum absolute atomic E-state index is 0.0490. The van der Waals surface area contributed by atoms with Crippen molar-refractivity contribution in [3.8, 4) is 0 Å². The Morgan fingerprint density at radius 3 is 2.34 bits per heavy atom. The van der Waals surface area contributed by atoms with Crippen LogP contribution in [0.5, 0.6) is 0 Å². The van der Waals surface area contributed by atoms with E-state index in [4.69, 9.17) is 4.42 Å². The molecule has 3 rings (SSSR count). The summed E-state index contributed by atoms with van der Waals surface area (Å²) >= 11 is 0. The zero-order chi connectivity index (χ0) is 21.1. The Morgan fingerprint density at radius 2 is 1.66 bits per heavy atom. The van der Waals surface area contributed by atoms with Crippen LogP contribution >= 0.6 is 0 Å². The molecule has 0 aliphatic rings. The molecule has 1 heterocycles.